The quantitative estimate of drug-likeness (QED) is 0.0470. The fraction of sp³-hybridized carbons (Fsp3) is 0.973. The molecule has 264 valence electrons. The van der Waals surface area contributed by atoms with Crippen molar-refractivity contribution in [1.82, 2.24) is 5.32 Å². The monoisotopic (exact) mass is 646 g/mol. The van der Waals surface area contributed by atoms with Crippen molar-refractivity contribution in [2.45, 2.75) is 225 Å². The van der Waals surface area contributed by atoms with Crippen LogP contribution in [0.15, 0.2) is 0 Å². The van der Waals surface area contributed by atoms with Gasteiger partial charge < -0.3 is 10.4 Å². The normalized spacial score (nSPS) is 13.3. The van der Waals surface area contributed by atoms with Crippen LogP contribution in [0.2, 0.25) is 0 Å². The summed E-state index contributed by atoms with van der Waals surface area (Å²) in [6.07, 6.45) is 36.3. The van der Waals surface area contributed by atoms with Crippen LogP contribution in [-0.4, -0.2) is 41.9 Å². The Balaban J connectivity index is 3.78. The van der Waals surface area contributed by atoms with Crippen LogP contribution in [-0.2, 0) is 14.9 Å². The summed E-state index contributed by atoms with van der Waals surface area (Å²) in [7, 11) is -4.30. The Morgan fingerprint density at radius 3 is 1.14 bits per heavy atom. The van der Waals surface area contributed by atoms with E-state index in [0.717, 1.165) is 38.5 Å². The molecule has 0 rings (SSSR count). The largest absolute Gasteiger partial charge is 0.391 e. The maximum atomic E-state index is 12.4. The third-order valence-corrected chi connectivity index (χ3v) is 9.84. The molecule has 7 heteroatoms. The van der Waals surface area contributed by atoms with E-state index >= 15 is 0 Å². The molecule has 0 fully saturated rings. The standard InChI is InChI=1S/C37H75NO5S/c1-3-5-7-9-11-13-14-15-16-17-18-19-20-21-22-23-25-26-28-30-32-36(39)35(34-44(41,42)43)38-37(40)33-31-29-27-24-12-10-8-6-4-2/h35-36,39H,3-34H2,1-2H3,(H,38,40)(H,41,42,43). The molecule has 0 saturated heterocycles. The number of nitrogens with one attached hydrogen (secondary N) is 1. The Hall–Kier alpha value is -0.660. The number of aliphatic hydroxyl groups excluding tert-OH is 1. The van der Waals surface area contributed by atoms with Crippen molar-refractivity contribution in [3.8, 4) is 0 Å². The number of carbonyl (C=O) groups is 1. The van der Waals surface area contributed by atoms with Gasteiger partial charge in [-0.25, -0.2) is 0 Å². The van der Waals surface area contributed by atoms with Crippen molar-refractivity contribution < 1.29 is 22.9 Å². The fourth-order valence-corrected chi connectivity index (χ4v) is 6.92. The molecule has 3 N–H and O–H groups in total. The van der Waals surface area contributed by atoms with Crippen LogP contribution in [0.3, 0.4) is 0 Å². The van der Waals surface area contributed by atoms with Crippen molar-refractivity contribution in [2.24, 2.45) is 0 Å². The molecule has 0 spiro atoms. The van der Waals surface area contributed by atoms with Gasteiger partial charge >= 0.3 is 0 Å². The Morgan fingerprint density at radius 1 is 0.523 bits per heavy atom. The molecule has 6 nitrogen and oxygen atoms in total. The van der Waals surface area contributed by atoms with Crippen LogP contribution in [0.4, 0.5) is 0 Å². The highest BCUT2D eigenvalue weighted by molar-refractivity contribution is 7.85. The first-order chi connectivity index (χ1) is 21.3. The van der Waals surface area contributed by atoms with E-state index in [1.54, 1.807) is 0 Å². The third kappa shape index (κ3) is 32.7. The Bertz CT molecular complexity index is 715. The lowest BCUT2D eigenvalue weighted by atomic mass is 10.0. The van der Waals surface area contributed by atoms with Crippen molar-refractivity contribution in [3.05, 3.63) is 0 Å². The first-order valence-electron chi connectivity index (χ1n) is 19.2. The molecule has 0 aliphatic carbocycles. The maximum absolute atomic E-state index is 12.4. The molecule has 0 bridgehead atoms. The summed E-state index contributed by atoms with van der Waals surface area (Å²) in [6, 6.07) is -0.962. The van der Waals surface area contributed by atoms with Gasteiger partial charge in [-0.05, 0) is 12.8 Å². The molecule has 0 aliphatic heterocycles. The van der Waals surface area contributed by atoms with Gasteiger partial charge in [-0.15, -0.1) is 0 Å². The van der Waals surface area contributed by atoms with Crippen molar-refractivity contribution in [2.75, 3.05) is 5.75 Å². The molecule has 0 heterocycles. The predicted molar refractivity (Wildman–Crippen MR) is 189 cm³/mol. The van der Waals surface area contributed by atoms with E-state index in [-0.39, 0.29) is 5.91 Å². The van der Waals surface area contributed by atoms with Gasteiger partial charge in [0.05, 0.1) is 17.9 Å². The number of hydrogen-bond donors (Lipinski definition) is 3. The molecule has 0 aromatic carbocycles. The second-order valence-electron chi connectivity index (χ2n) is 13.6. The molecule has 0 aliphatic rings. The lowest BCUT2D eigenvalue weighted by molar-refractivity contribution is -0.122. The summed E-state index contributed by atoms with van der Waals surface area (Å²) in [5.74, 6) is -0.888. The average Bonchev–Trinajstić information content (AvgIpc) is 2.98. The number of hydrogen-bond acceptors (Lipinski definition) is 4. The molecular formula is C37H75NO5S. The number of aliphatic hydroxyl groups is 1. The SMILES string of the molecule is CCCCCCCCCCCCCCCCCCCCCCC(O)C(CS(=O)(=O)O)NC(=O)CCCCCCCCCCC. The number of unbranched alkanes of at least 4 members (excludes halogenated alkanes) is 27. The minimum atomic E-state index is -4.30. The van der Waals surface area contributed by atoms with Crippen LogP contribution in [0, 0.1) is 0 Å². The summed E-state index contributed by atoms with van der Waals surface area (Å²) in [5, 5.41) is 13.3. The minimum Gasteiger partial charge on any atom is -0.391 e. The van der Waals surface area contributed by atoms with Crippen LogP contribution in [0.25, 0.3) is 0 Å². The van der Waals surface area contributed by atoms with E-state index in [4.69, 9.17) is 0 Å². The number of rotatable bonds is 35. The highest BCUT2D eigenvalue weighted by Crippen LogP contribution is 2.16. The highest BCUT2D eigenvalue weighted by Gasteiger charge is 2.26. The predicted octanol–water partition coefficient (Wildman–Crippen LogP) is 10.9. The first kappa shape index (κ1) is 43.3. The van der Waals surface area contributed by atoms with Gasteiger partial charge in [0, 0.05) is 6.42 Å². The molecule has 44 heavy (non-hydrogen) atoms. The van der Waals surface area contributed by atoms with E-state index in [2.05, 4.69) is 19.2 Å². The van der Waals surface area contributed by atoms with Crippen LogP contribution >= 0.6 is 0 Å². The number of carbonyl (C=O) groups excluding carboxylic acids is 1. The van der Waals surface area contributed by atoms with Gasteiger partial charge in [0.1, 0.15) is 0 Å². The van der Waals surface area contributed by atoms with Crippen molar-refractivity contribution in [3.63, 3.8) is 0 Å². The minimum absolute atomic E-state index is 0.246. The molecule has 1 amide bonds. The Labute approximate surface area is 274 Å². The summed E-state index contributed by atoms with van der Waals surface area (Å²) in [4.78, 5) is 12.4. The molecule has 0 radical (unpaired) electrons. The fourth-order valence-electron chi connectivity index (χ4n) is 6.16. The second-order valence-corrected chi connectivity index (χ2v) is 15.1. The zero-order chi connectivity index (χ0) is 32.6. The van der Waals surface area contributed by atoms with Crippen LogP contribution in [0.1, 0.15) is 213 Å². The van der Waals surface area contributed by atoms with E-state index in [9.17, 15) is 22.9 Å². The lowest BCUT2D eigenvalue weighted by Crippen LogP contribution is -2.47. The van der Waals surface area contributed by atoms with E-state index in [1.165, 1.54) is 148 Å². The third-order valence-electron chi connectivity index (χ3n) is 9.06. The molecular weight excluding hydrogens is 570 g/mol. The highest BCUT2D eigenvalue weighted by atomic mass is 32.2. The molecule has 2 unspecified atom stereocenters. The zero-order valence-corrected chi connectivity index (χ0v) is 30.1. The summed E-state index contributed by atoms with van der Waals surface area (Å²) < 4.78 is 32.4. The second kappa shape index (κ2) is 32.3. The Morgan fingerprint density at radius 2 is 0.818 bits per heavy atom. The van der Waals surface area contributed by atoms with Gasteiger partial charge in [-0.3, -0.25) is 9.35 Å². The average molecular weight is 646 g/mol. The zero-order valence-electron chi connectivity index (χ0n) is 29.3. The molecule has 0 aromatic heterocycles. The van der Waals surface area contributed by atoms with Gasteiger partial charge in [0.15, 0.2) is 0 Å². The topological polar surface area (TPSA) is 104 Å². The van der Waals surface area contributed by atoms with E-state index in [0.29, 0.717) is 12.8 Å². The molecule has 0 saturated carbocycles. The summed E-state index contributed by atoms with van der Waals surface area (Å²) in [5.41, 5.74) is 0. The van der Waals surface area contributed by atoms with Crippen molar-refractivity contribution >= 4 is 16.0 Å². The molecule has 0 aromatic rings. The van der Waals surface area contributed by atoms with Gasteiger partial charge in [-0.1, -0.05) is 194 Å². The van der Waals surface area contributed by atoms with E-state index in [1.807, 2.05) is 0 Å². The van der Waals surface area contributed by atoms with E-state index < -0.39 is 28.0 Å². The van der Waals surface area contributed by atoms with Gasteiger partial charge in [0.25, 0.3) is 10.1 Å². The van der Waals surface area contributed by atoms with Crippen LogP contribution in [0.5, 0.6) is 0 Å². The van der Waals surface area contributed by atoms with Crippen LogP contribution < -0.4 is 5.32 Å². The smallest absolute Gasteiger partial charge is 0.266 e. The molecule has 2 atom stereocenters. The Kier molecular flexibility index (Phi) is 31.8. The number of amides is 1. The van der Waals surface area contributed by atoms with Crippen molar-refractivity contribution in [1.29, 1.82) is 0 Å². The van der Waals surface area contributed by atoms with Gasteiger partial charge in [0.2, 0.25) is 5.91 Å². The summed E-state index contributed by atoms with van der Waals surface area (Å²) in [6.45, 7) is 4.49. The van der Waals surface area contributed by atoms with Gasteiger partial charge in [-0.2, -0.15) is 8.42 Å². The first-order valence-corrected chi connectivity index (χ1v) is 20.8. The summed E-state index contributed by atoms with van der Waals surface area (Å²) >= 11 is 0. The maximum Gasteiger partial charge on any atom is 0.266 e. The lowest BCUT2D eigenvalue weighted by Gasteiger charge is -2.23.